The van der Waals surface area contributed by atoms with Gasteiger partial charge in [0.25, 0.3) is 0 Å². The second-order valence-corrected chi connectivity index (χ2v) is 4.83. The van der Waals surface area contributed by atoms with Gasteiger partial charge >= 0.3 is 0 Å². The molecule has 2 aromatic carbocycles. The number of aromatic nitrogens is 1. The SMILES string of the molecule is N#Cc1ccc2c(ccn2CCNc2ccc(F)cc2)c1. The number of anilines is 1. The van der Waals surface area contributed by atoms with Gasteiger partial charge in [-0.15, -0.1) is 0 Å². The number of hydrogen-bond donors (Lipinski definition) is 1. The Morgan fingerprint density at radius 2 is 1.90 bits per heavy atom. The van der Waals surface area contributed by atoms with E-state index in [1.54, 1.807) is 12.1 Å². The van der Waals surface area contributed by atoms with Crippen LogP contribution in [0.25, 0.3) is 10.9 Å². The summed E-state index contributed by atoms with van der Waals surface area (Å²) in [6.07, 6.45) is 2.01. The maximum Gasteiger partial charge on any atom is 0.123 e. The zero-order valence-corrected chi connectivity index (χ0v) is 11.4. The van der Waals surface area contributed by atoms with E-state index in [1.165, 1.54) is 12.1 Å². The second kappa shape index (κ2) is 5.68. The molecule has 0 spiro atoms. The molecule has 3 aromatic rings. The molecule has 21 heavy (non-hydrogen) atoms. The first kappa shape index (κ1) is 13.2. The fraction of sp³-hybridized carbons (Fsp3) is 0.118. The molecule has 3 rings (SSSR count). The average Bonchev–Trinajstić information content (AvgIpc) is 2.91. The van der Waals surface area contributed by atoms with Crippen LogP contribution in [0.5, 0.6) is 0 Å². The normalized spacial score (nSPS) is 10.5. The third-order valence-corrected chi connectivity index (χ3v) is 3.43. The maximum atomic E-state index is 12.8. The van der Waals surface area contributed by atoms with Crippen LogP contribution >= 0.6 is 0 Å². The van der Waals surface area contributed by atoms with Crippen LogP contribution in [0, 0.1) is 17.1 Å². The van der Waals surface area contributed by atoms with Gasteiger partial charge in [-0.3, -0.25) is 0 Å². The van der Waals surface area contributed by atoms with Crippen LogP contribution in [0.3, 0.4) is 0 Å². The summed E-state index contributed by atoms with van der Waals surface area (Å²) in [5, 5.41) is 13.2. The largest absolute Gasteiger partial charge is 0.383 e. The first-order chi connectivity index (χ1) is 10.3. The van der Waals surface area contributed by atoms with E-state index in [1.807, 2.05) is 30.5 Å². The topological polar surface area (TPSA) is 40.8 Å². The Bertz CT molecular complexity index is 797. The molecule has 0 amide bonds. The number of nitrogens with zero attached hydrogens (tertiary/aromatic N) is 2. The summed E-state index contributed by atoms with van der Waals surface area (Å²) in [7, 11) is 0. The van der Waals surface area contributed by atoms with Crippen molar-refractivity contribution in [1.29, 1.82) is 5.26 Å². The van der Waals surface area contributed by atoms with Gasteiger partial charge in [0.2, 0.25) is 0 Å². The van der Waals surface area contributed by atoms with Crippen molar-refractivity contribution in [2.24, 2.45) is 0 Å². The summed E-state index contributed by atoms with van der Waals surface area (Å²) >= 11 is 0. The number of nitrogens with one attached hydrogen (secondary N) is 1. The van der Waals surface area contributed by atoms with Crippen molar-refractivity contribution in [3.8, 4) is 6.07 Å². The van der Waals surface area contributed by atoms with Crippen LogP contribution in [0.2, 0.25) is 0 Å². The molecule has 0 atom stereocenters. The van der Waals surface area contributed by atoms with E-state index >= 15 is 0 Å². The van der Waals surface area contributed by atoms with E-state index in [0.29, 0.717) is 5.56 Å². The van der Waals surface area contributed by atoms with Crippen molar-refractivity contribution >= 4 is 16.6 Å². The van der Waals surface area contributed by atoms with Crippen LogP contribution < -0.4 is 5.32 Å². The molecule has 0 unspecified atom stereocenters. The summed E-state index contributed by atoms with van der Waals surface area (Å²) in [6.45, 7) is 1.54. The Balaban J connectivity index is 1.68. The monoisotopic (exact) mass is 279 g/mol. The van der Waals surface area contributed by atoms with E-state index in [9.17, 15) is 4.39 Å². The highest BCUT2D eigenvalue weighted by Crippen LogP contribution is 2.17. The van der Waals surface area contributed by atoms with Crippen LogP contribution in [-0.2, 0) is 6.54 Å². The molecule has 0 aliphatic rings. The first-order valence-electron chi connectivity index (χ1n) is 6.75. The smallest absolute Gasteiger partial charge is 0.123 e. The third-order valence-electron chi connectivity index (χ3n) is 3.43. The molecule has 1 aromatic heterocycles. The third kappa shape index (κ3) is 2.87. The Hall–Kier alpha value is -2.80. The van der Waals surface area contributed by atoms with E-state index in [2.05, 4.69) is 16.0 Å². The van der Waals surface area contributed by atoms with Gasteiger partial charge in [-0.2, -0.15) is 5.26 Å². The minimum absolute atomic E-state index is 0.231. The van der Waals surface area contributed by atoms with Crippen molar-refractivity contribution in [3.63, 3.8) is 0 Å². The molecule has 0 aliphatic carbocycles. The number of fused-ring (bicyclic) bond motifs is 1. The molecule has 0 bridgehead atoms. The zero-order valence-electron chi connectivity index (χ0n) is 11.4. The van der Waals surface area contributed by atoms with Gasteiger partial charge in [0.05, 0.1) is 11.6 Å². The van der Waals surface area contributed by atoms with Gasteiger partial charge < -0.3 is 9.88 Å². The molecule has 1 heterocycles. The molecular formula is C17H14FN3. The van der Waals surface area contributed by atoms with Gasteiger partial charge in [0, 0.05) is 35.9 Å². The number of halogens is 1. The summed E-state index contributed by atoms with van der Waals surface area (Å²) < 4.78 is 14.9. The molecule has 0 saturated carbocycles. The number of benzene rings is 2. The van der Waals surface area contributed by atoms with Crippen LogP contribution in [0.4, 0.5) is 10.1 Å². The van der Waals surface area contributed by atoms with E-state index < -0.39 is 0 Å². The van der Waals surface area contributed by atoms with Gasteiger partial charge in [-0.05, 0) is 48.5 Å². The Morgan fingerprint density at radius 1 is 1.10 bits per heavy atom. The molecule has 104 valence electrons. The molecule has 3 nitrogen and oxygen atoms in total. The molecule has 0 aliphatic heterocycles. The molecular weight excluding hydrogens is 265 g/mol. The lowest BCUT2D eigenvalue weighted by Crippen LogP contribution is -2.09. The van der Waals surface area contributed by atoms with Gasteiger partial charge in [-0.1, -0.05) is 0 Å². The van der Waals surface area contributed by atoms with Crippen molar-refractivity contribution in [2.45, 2.75) is 6.54 Å². The van der Waals surface area contributed by atoms with Gasteiger partial charge in [0.1, 0.15) is 5.82 Å². The molecule has 0 saturated heterocycles. The fourth-order valence-corrected chi connectivity index (χ4v) is 2.35. The van der Waals surface area contributed by atoms with Crippen molar-refractivity contribution < 1.29 is 4.39 Å². The maximum absolute atomic E-state index is 12.8. The summed E-state index contributed by atoms with van der Waals surface area (Å²) in [5.41, 5.74) is 2.68. The number of hydrogen-bond acceptors (Lipinski definition) is 2. The number of nitriles is 1. The minimum Gasteiger partial charge on any atom is -0.383 e. The summed E-state index contributed by atoms with van der Waals surface area (Å²) in [6, 6.07) is 16.2. The van der Waals surface area contributed by atoms with Crippen LogP contribution in [0.1, 0.15) is 5.56 Å². The molecule has 4 heteroatoms. The molecule has 0 radical (unpaired) electrons. The lowest BCUT2D eigenvalue weighted by atomic mass is 10.2. The fourth-order valence-electron chi connectivity index (χ4n) is 2.35. The summed E-state index contributed by atoms with van der Waals surface area (Å²) in [5.74, 6) is -0.231. The van der Waals surface area contributed by atoms with Crippen LogP contribution in [-0.4, -0.2) is 11.1 Å². The highest BCUT2D eigenvalue weighted by Gasteiger charge is 2.02. The predicted molar refractivity (Wildman–Crippen MR) is 81.5 cm³/mol. The highest BCUT2D eigenvalue weighted by atomic mass is 19.1. The van der Waals surface area contributed by atoms with E-state index in [-0.39, 0.29) is 5.82 Å². The van der Waals surface area contributed by atoms with Gasteiger partial charge in [0.15, 0.2) is 0 Å². The lowest BCUT2D eigenvalue weighted by molar-refractivity contribution is 0.628. The quantitative estimate of drug-likeness (QED) is 0.790. The molecule has 0 fully saturated rings. The highest BCUT2D eigenvalue weighted by molar-refractivity contribution is 5.81. The zero-order chi connectivity index (χ0) is 14.7. The standard InChI is InChI=1S/C17H14FN3/c18-15-2-4-16(5-3-15)20-8-10-21-9-7-14-11-13(12-19)1-6-17(14)21/h1-7,9,11,20H,8,10H2. The molecule has 1 N–H and O–H groups in total. The average molecular weight is 279 g/mol. The second-order valence-electron chi connectivity index (χ2n) is 4.83. The first-order valence-corrected chi connectivity index (χ1v) is 6.75. The van der Waals surface area contributed by atoms with E-state index in [0.717, 1.165) is 29.7 Å². The van der Waals surface area contributed by atoms with Crippen molar-refractivity contribution in [3.05, 3.63) is 66.1 Å². The van der Waals surface area contributed by atoms with E-state index in [4.69, 9.17) is 5.26 Å². The predicted octanol–water partition coefficient (Wildman–Crippen LogP) is 3.76. The van der Waals surface area contributed by atoms with Gasteiger partial charge in [-0.25, -0.2) is 4.39 Å². The Kier molecular flexibility index (Phi) is 3.57. The number of rotatable bonds is 4. The Labute approximate surface area is 122 Å². The van der Waals surface area contributed by atoms with Crippen molar-refractivity contribution in [2.75, 3.05) is 11.9 Å². The summed E-state index contributed by atoms with van der Waals surface area (Å²) in [4.78, 5) is 0. The Morgan fingerprint density at radius 3 is 2.67 bits per heavy atom. The van der Waals surface area contributed by atoms with Crippen molar-refractivity contribution in [1.82, 2.24) is 4.57 Å². The lowest BCUT2D eigenvalue weighted by Gasteiger charge is -2.08. The van der Waals surface area contributed by atoms with Crippen LogP contribution in [0.15, 0.2) is 54.7 Å². The minimum atomic E-state index is -0.231.